The number of fused-ring (bicyclic) bond motifs is 3. The molecule has 0 atom stereocenters. The number of aromatic nitrogens is 3. The van der Waals surface area contributed by atoms with Crippen LogP contribution in [-0.2, 0) is 0 Å². The summed E-state index contributed by atoms with van der Waals surface area (Å²) < 4.78 is 16.2. The third-order valence-electron chi connectivity index (χ3n) is 9.71. The fourth-order valence-corrected chi connectivity index (χ4v) is 6.90. The molecule has 8 rings (SSSR count). The van der Waals surface area contributed by atoms with Gasteiger partial charge >= 0.3 is 5.63 Å². The van der Waals surface area contributed by atoms with E-state index in [2.05, 4.69) is 25.6 Å². The van der Waals surface area contributed by atoms with Gasteiger partial charge in [0.2, 0.25) is 5.89 Å². The minimum atomic E-state index is -0.881. The van der Waals surface area contributed by atoms with Crippen molar-refractivity contribution in [3.63, 3.8) is 0 Å². The molecule has 55 heavy (non-hydrogen) atoms. The molecule has 0 spiro atoms. The van der Waals surface area contributed by atoms with Crippen LogP contribution in [-0.4, -0.2) is 58.2 Å². The Bertz CT molecular complexity index is 2580. The van der Waals surface area contributed by atoms with Gasteiger partial charge in [-0.15, -0.1) is 0 Å². The highest BCUT2D eigenvalue weighted by Gasteiger charge is 2.30. The summed E-state index contributed by atoms with van der Waals surface area (Å²) in [6.45, 7) is 0.166. The number of hydrogen-bond acceptors (Lipinski definition) is 10. The Morgan fingerprint density at radius 2 is 1.38 bits per heavy atom. The Hall–Kier alpha value is -6.66. The molecule has 0 saturated heterocycles. The van der Waals surface area contributed by atoms with Crippen LogP contribution in [0.2, 0.25) is 0 Å². The summed E-state index contributed by atoms with van der Waals surface area (Å²) >= 11 is 0. The first-order chi connectivity index (χ1) is 26.8. The first kappa shape index (κ1) is 36.7. The van der Waals surface area contributed by atoms with Crippen molar-refractivity contribution < 1.29 is 28.6 Å². The molecule has 0 aliphatic heterocycles. The zero-order valence-corrected chi connectivity index (χ0v) is 30.4. The molecule has 278 valence electrons. The monoisotopic (exact) mass is 737 g/mol. The van der Waals surface area contributed by atoms with Crippen molar-refractivity contribution in [3.05, 3.63) is 131 Å². The SMILES string of the molecule is COc1ccc(-c2nc3cccnc3c(=O)o2)c2ccccc12.COc1ccc(C(=O)Nc2cccnc2C(=O)NCC2(O)CCCCC2)c2ccccc12. The number of carbonyl (C=O) groups excluding carboxylic acids is 2. The van der Waals surface area contributed by atoms with Crippen molar-refractivity contribution in [3.8, 4) is 23.0 Å². The molecule has 1 aliphatic rings. The van der Waals surface area contributed by atoms with Gasteiger partial charge < -0.3 is 29.6 Å². The molecule has 7 aromatic rings. The van der Waals surface area contributed by atoms with E-state index in [0.717, 1.165) is 52.1 Å². The van der Waals surface area contributed by atoms with E-state index < -0.39 is 17.1 Å². The minimum absolute atomic E-state index is 0.109. The van der Waals surface area contributed by atoms with Crippen LogP contribution >= 0.6 is 0 Å². The number of hydrogen-bond donors (Lipinski definition) is 3. The fourth-order valence-electron chi connectivity index (χ4n) is 6.90. The summed E-state index contributed by atoms with van der Waals surface area (Å²) in [6, 6.07) is 29.2. The zero-order valence-electron chi connectivity index (χ0n) is 30.4. The fraction of sp³-hybridized carbons (Fsp3) is 0.209. The molecule has 3 N–H and O–H groups in total. The maximum absolute atomic E-state index is 13.1. The van der Waals surface area contributed by atoms with Crippen LogP contribution in [0, 0.1) is 0 Å². The van der Waals surface area contributed by atoms with Crippen molar-refractivity contribution in [2.45, 2.75) is 37.7 Å². The van der Waals surface area contributed by atoms with Gasteiger partial charge in [-0.05, 0) is 72.1 Å². The Balaban J connectivity index is 0.000000178. The number of amides is 2. The van der Waals surface area contributed by atoms with E-state index in [0.29, 0.717) is 35.4 Å². The number of nitrogens with one attached hydrogen (secondary N) is 2. The molecule has 1 aliphatic carbocycles. The molecule has 1 saturated carbocycles. The van der Waals surface area contributed by atoms with Crippen LogP contribution in [0.15, 0.2) is 119 Å². The van der Waals surface area contributed by atoms with E-state index in [-0.39, 0.29) is 29.6 Å². The average molecular weight is 738 g/mol. The highest BCUT2D eigenvalue weighted by molar-refractivity contribution is 6.15. The Morgan fingerprint density at radius 1 is 0.745 bits per heavy atom. The summed E-state index contributed by atoms with van der Waals surface area (Å²) in [5, 5.41) is 19.7. The second kappa shape index (κ2) is 16.1. The number of ether oxygens (including phenoxy) is 2. The lowest BCUT2D eigenvalue weighted by Crippen LogP contribution is -2.44. The highest BCUT2D eigenvalue weighted by Crippen LogP contribution is 2.34. The van der Waals surface area contributed by atoms with Crippen LogP contribution < -0.4 is 25.7 Å². The smallest absolute Gasteiger partial charge is 0.365 e. The molecular formula is C43H39N5O7. The number of methoxy groups -OCH3 is 2. The first-order valence-corrected chi connectivity index (χ1v) is 17.9. The molecule has 2 amide bonds. The van der Waals surface area contributed by atoms with E-state index in [4.69, 9.17) is 13.9 Å². The minimum Gasteiger partial charge on any atom is -0.496 e. The molecule has 3 heterocycles. The molecule has 4 aromatic carbocycles. The van der Waals surface area contributed by atoms with E-state index in [1.54, 1.807) is 56.8 Å². The number of pyridine rings is 2. The molecule has 12 heteroatoms. The van der Waals surface area contributed by atoms with Gasteiger partial charge in [0, 0.05) is 40.8 Å². The normalized spacial score (nSPS) is 13.4. The summed E-state index contributed by atoms with van der Waals surface area (Å²) in [5.41, 5.74) is 0.993. The summed E-state index contributed by atoms with van der Waals surface area (Å²) in [4.78, 5) is 50.7. The van der Waals surface area contributed by atoms with Crippen molar-refractivity contribution in [2.24, 2.45) is 0 Å². The lowest BCUT2D eigenvalue weighted by Gasteiger charge is -2.32. The second-order valence-corrected chi connectivity index (χ2v) is 13.2. The zero-order chi connectivity index (χ0) is 38.4. The van der Waals surface area contributed by atoms with E-state index in [1.165, 1.54) is 6.20 Å². The van der Waals surface area contributed by atoms with Crippen LogP contribution in [0.4, 0.5) is 5.69 Å². The van der Waals surface area contributed by atoms with E-state index in [1.807, 2.05) is 60.7 Å². The predicted octanol–water partition coefficient (Wildman–Crippen LogP) is 7.33. The molecule has 0 unspecified atom stereocenters. The first-order valence-electron chi connectivity index (χ1n) is 17.9. The van der Waals surface area contributed by atoms with Gasteiger partial charge in [0.25, 0.3) is 11.8 Å². The third-order valence-corrected chi connectivity index (χ3v) is 9.71. The lowest BCUT2D eigenvalue weighted by atomic mass is 9.85. The number of nitrogens with zero attached hydrogens (tertiary/aromatic N) is 3. The molecular weight excluding hydrogens is 699 g/mol. The number of aliphatic hydroxyl groups is 1. The van der Waals surface area contributed by atoms with Crippen molar-refractivity contribution in [2.75, 3.05) is 26.1 Å². The summed E-state index contributed by atoms with van der Waals surface area (Å²) in [6.07, 6.45) is 7.40. The van der Waals surface area contributed by atoms with Gasteiger partial charge in [0.05, 0.1) is 25.5 Å². The average Bonchev–Trinajstić information content (AvgIpc) is 3.22. The second-order valence-electron chi connectivity index (χ2n) is 13.2. The van der Waals surface area contributed by atoms with E-state index in [9.17, 15) is 19.5 Å². The van der Waals surface area contributed by atoms with Crippen molar-refractivity contribution >= 4 is 50.1 Å². The molecule has 0 bridgehead atoms. The van der Waals surface area contributed by atoms with E-state index >= 15 is 0 Å². The number of benzene rings is 4. The lowest BCUT2D eigenvalue weighted by molar-refractivity contribution is 0.00521. The van der Waals surface area contributed by atoms with Gasteiger partial charge in [-0.25, -0.2) is 19.7 Å². The topological polar surface area (TPSA) is 166 Å². The Labute approximate surface area is 316 Å². The van der Waals surface area contributed by atoms with Crippen molar-refractivity contribution in [1.29, 1.82) is 0 Å². The maximum Gasteiger partial charge on any atom is 0.365 e. The summed E-state index contributed by atoms with van der Waals surface area (Å²) in [5.74, 6) is 0.930. The van der Waals surface area contributed by atoms with Crippen LogP contribution in [0.25, 0.3) is 44.0 Å². The molecule has 1 fully saturated rings. The Morgan fingerprint density at radius 3 is 2.11 bits per heavy atom. The van der Waals surface area contributed by atoms with Gasteiger partial charge in [-0.1, -0.05) is 67.8 Å². The van der Waals surface area contributed by atoms with Gasteiger partial charge in [0.1, 0.15) is 17.0 Å². The highest BCUT2D eigenvalue weighted by atomic mass is 16.5. The number of anilines is 1. The van der Waals surface area contributed by atoms with Gasteiger partial charge in [-0.3, -0.25) is 9.59 Å². The number of rotatable bonds is 8. The van der Waals surface area contributed by atoms with Gasteiger partial charge in [-0.2, -0.15) is 0 Å². The molecule has 0 radical (unpaired) electrons. The Kier molecular flexibility index (Phi) is 10.8. The standard InChI is InChI=1S/C25H27N3O4.C18H12N2O3/c1-32-21-12-11-19(17-8-3-4-9-18(17)21)23(29)28-20-10-7-15-26-22(20)24(30)27-16-25(31)13-5-2-6-14-25;1-22-15-9-8-13(11-5-2-3-6-12(11)15)17-20-14-7-4-10-19-16(14)18(21)23-17/h3-4,7-12,15,31H,2,5-6,13-14,16H2,1H3,(H,27,30)(H,28,29);2-10H,1H3. The predicted molar refractivity (Wildman–Crippen MR) is 211 cm³/mol. The van der Waals surface area contributed by atoms with Gasteiger partial charge in [0.15, 0.2) is 11.2 Å². The quantitative estimate of drug-likeness (QED) is 0.144. The van der Waals surface area contributed by atoms with Crippen LogP contribution in [0.5, 0.6) is 11.5 Å². The maximum atomic E-state index is 13.1. The molecule has 12 nitrogen and oxygen atoms in total. The van der Waals surface area contributed by atoms with Crippen molar-refractivity contribution in [1.82, 2.24) is 20.3 Å². The van der Waals surface area contributed by atoms with Crippen LogP contribution in [0.1, 0.15) is 53.0 Å². The van der Waals surface area contributed by atoms with Crippen LogP contribution in [0.3, 0.4) is 0 Å². The number of carbonyl (C=O) groups is 2. The third kappa shape index (κ3) is 7.85. The largest absolute Gasteiger partial charge is 0.496 e. The molecule has 3 aromatic heterocycles. The summed E-state index contributed by atoms with van der Waals surface area (Å²) in [7, 11) is 3.22.